The quantitative estimate of drug-likeness (QED) is 0.835. The average Bonchev–Trinajstić information content (AvgIpc) is 2.80. The zero-order valence-electron chi connectivity index (χ0n) is 11.6. The Kier molecular flexibility index (Phi) is 4.63. The normalized spacial score (nSPS) is 18.5. The summed E-state index contributed by atoms with van der Waals surface area (Å²) in [5.41, 5.74) is 0.731. The van der Waals surface area contributed by atoms with Gasteiger partial charge in [-0.3, -0.25) is 0 Å². The highest BCUT2D eigenvalue weighted by molar-refractivity contribution is 8.13. The second-order valence-corrected chi connectivity index (χ2v) is 7.58. The molecule has 0 radical (unpaired) electrons. The summed E-state index contributed by atoms with van der Waals surface area (Å²) in [6.45, 7) is 4.43. The number of amides is 1. The Morgan fingerprint density at radius 2 is 2.19 bits per heavy atom. The van der Waals surface area contributed by atoms with Crippen molar-refractivity contribution in [3.63, 3.8) is 0 Å². The Balaban J connectivity index is 2.17. The Bertz CT molecular complexity index is 644. The number of alkyl carbamates (subject to hydrolysis) is 1. The molecule has 0 saturated carbocycles. The average molecular weight is 334 g/mol. The second-order valence-electron chi connectivity index (χ2n) is 5.01. The highest BCUT2D eigenvalue weighted by Gasteiger charge is 2.24. The van der Waals surface area contributed by atoms with Crippen LogP contribution < -0.4 is 10.1 Å². The molecule has 0 spiro atoms. The first-order valence-electron chi connectivity index (χ1n) is 6.43. The molecule has 1 amide bonds. The van der Waals surface area contributed by atoms with E-state index in [0.29, 0.717) is 12.3 Å². The van der Waals surface area contributed by atoms with Crippen molar-refractivity contribution in [3.8, 4) is 5.75 Å². The molecule has 1 aromatic rings. The van der Waals surface area contributed by atoms with Gasteiger partial charge in [-0.2, -0.15) is 0 Å². The fourth-order valence-corrected chi connectivity index (χ4v) is 2.75. The van der Waals surface area contributed by atoms with E-state index in [9.17, 15) is 13.2 Å². The standard InChI is InChI=1S/C13H16ClNO5S/c1-8(2)11-5-10(21(14,17)18)3-4-12(11)19-7-9-6-15-13(16)20-9/h3-5,8-9H,6-7H2,1-2H3,(H,15,16). The minimum Gasteiger partial charge on any atom is -0.489 e. The first-order chi connectivity index (χ1) is 9.77. The van der Waals surface area contributed by atoms with E-state index in [1.54, 1.807) is 6.07 Å². The first-order valence-corrected chi connectivity index (χ1v) is 8.74. The molecule has 0 aromatic heterocycles. The molecule has 1 aliphatic rings. The van der Waals surface area contributed by atoms with E-state index < -0.39 is 15.1 Å². The molecule has 116 valence electrons. The third-order valence-electron chi connectivity index (χ3n) is 3.06. The molecule has 8 heteroatoms. The molecule has 1 N–H and O–H groups in total. The SMILES string of the molecule is CC(C)c1cc(S(=O)(=O)Cl)ccc1OCC1CNC(=O)O1. The predicted octanol–water partition coefficient (Wildman–Crippen LogP) is 2.22. The molecule has 21 heavy (non-hydrogen) atoms. The van der Waals surface area contributed by atoms with E-state index in [1.807, 2.05) is 13.8 Å². The van der Waals surface area contributed by atoms with Crippen LogP contribution in [0, 0.1) is 0 Å². The maximum atomic E-state index is 11.4. The maximum absolute atomic E-state index is 11.4. The van der Waals surface area contributed by atoms with Crippen LogP contribution in [0.1, 0.15) is 25.3 Å². The summed E-state index contributed by atoms with van der Waals surface area (Å²) in [5.74, 6) is 0.611. The van der Waals surface area contributed by atoms with Crippen LogP contribution in [-0.2, 0) is 13.8 Å². The van der Waals surface area contributed by atoms with Crippen LogP contribution in [0.2, 0.25) is 0 Å². The van der Waals surface area contributed by atoms with Gasteiger partial charge >= 0.3 is 6.09 Å². The van der Waals surface area contributed by atoms with Gasteiger partial charge in [0.05, 0.1) is 11.4 Å². The zero-order chi connectivity index (χ0) is 15.6. The molecule has 1 fully saturated rings. The largest absolute Gasteiger partial charge is 0.489 e. The highest BCUT2D eigenvalue weighted by atomic mass is 35.7. The summed E-state index contributed by atoms with van der Waals surface area (Å²) in [4.78, 5) is 11.0. The van der Waals surface area contributed by atoms with Crippen LogP contribution in [0.25, 0.3) is 0 Å². The van der Waals surface area contributed by atoms with E-state index in [4.69, 9.17) is 20.2 Å². The summed E-state index contributed by atoms with van der Waals surface area (Å²) < 4.78 is 33.4. The lowest BCUT2D eigenvalue weighted by Gasteiger charge is -2.16. The Morgan fingerprint density at radius 3 is 2.71 bits per heavy atom. The number of hydrogen-bond acceptors (Lipinski definition) is 5. The van der Waals surface area contributed by atoms with E-state index in [2.05, 4.69) is 5.32 Å². The van der Waals surface area contributed by atoms with Crippen LogP contribution in [0.5, 0.6) is 5.75 Å². The van der Waals surface area contributed by atoms with E-state index in [1.165, 1.54) is 12.1 Å². The maximum Gasteiger partial charge on any atom is 0.407 e. The number of cyclic esters (lactones) is 1. The van der Waals surface area contributed by atoms with Gasteiger partial charge in [-0.1, -0.05) is 13.8 Å². The van der Waals surface area contributed by atoms with Crippen LogP contribution >= 0.6 is 10.7 Å². The van der Waals surface area contributed by atoms with Gasteiger partial charge in [-0.15, -0.1) is 0 Å². The lowest BCUT2D eigenvalue weighted by molar-refractivity contribution is 0.104. The molecular weight excluding hydrogens is 318 g/mol. The number of hydrogen-bond donors (Lipinski definition) is 1. The highest BCUT2D eigenvalue weighted by Crippen LogP contribution is 2.30. The smallest absolute Gasteiger partial charge is 0.407 e. The molecule has 1 unspecified atom stereocenters. The molecule has 0 aliphatic carbocycles. The Hall–Kier alpha value is -1.47. The minimum absolute atomic E-state index is 0.0363. The number of halogens is 1. The van der Waals surface area contributed by atoms with Gasteiger partial charge < -0.3 is 14.8 Å². The Labute approximate surface area is 127 Å². The molecular formula is C13H16ClNO5S. The summed E-state index contributed by atoms with van der Waals surface area (Å²) in [5, 5.41) is 2.53. The minimum atomic E-state index is -3.78. The van der Waals surface area contributed by atoms with Crippen molar-refractivity contribution in [1.82, 2.24) is 5.32 Å². The van der Waals surface area contributed by atoms with Crippen molar-refractivity contribution in [2.24, 2.45) is 0 Å². The zero-order valence-corrected chi connectivity index (χ0v) is 13.2. The fraction of sp³-hybridized carbons (Fsp3) is 0.462. The molecule has 1 atom stereocenters. The van der Waals surface area contributed by atoms with Crippen molar-refractivity contribution < 1.29 is 22.7 Å². The van der Waals surface area contributed by atoms with E-state index >= 15 is 0 Å². The number of nitrogens with one attached hydrogen (secondary N) is 1. The number of carbonyl (C=O) groups excluding carboxylic acids is 1. The van der Waals surface area contributed by atoms with E-state index in [-0.39, 0.29) is 23.5 Å². The lowest BCUT2D eigenvalue weighted by atomic mass is 10.0. The van der Waals surface area contributed by atoms with Crippen LogP contribution in [-0.4, -0.2) is 33.8 Å². The number of benzene rings is 1. The summed E-state index contributed by atoms with van der Waals surface area (Å²) >= 11 is 0. The van der Waals surface area contributed by atoms with Gasteiger partial charge in [0.1, 0.15) is 12.4 Å². The van der Waals surface area contributed by atoms with Gasteiger partial charge in [-0.25, -0.2) is 13.2 Å². The third-order valence-corrected chi connectivity index (χ3v) is 4.41. The first kappa shape index (κ1) is 15.9. The van der Waals surface area contributed by atoms with E-state index in [0.717, 1.165) is 5.56 Å². The van der Waals surface area contributed by atoms with Crippen molar-refractivity contribution in [2.45, 2.75) is 30.8 Å². The molecule has 1 aromatic carbocycles. The van der Waals surface area contributed by atoms with Crippen molar-refractivity contribution in [1.29, 1.82) is 0 Å². The molecule has 2 rings (SSSR count). The van der Waals surface area contributed by atoms with Crippen LogP contribution in [0.3, 0.4) is 0 Å². The van der Waals surface area contributed by atoms with Crippen molar-refractivity contribution in [3.05, 3.63) is 23.8 Å². The Morgan fingerprint density at radius 1 is 1.48 bits per heavy atom. The topological polar surface area (TPSA) is 81.7 Å². The summed E-state index contributed by atoms with van der Waals surface area (Å²) in [6, 6.07) is 4.46. The monoisotopic (exact) mass is 333 g/mol. The molecule has 1 aliphatic heterocycles. The van der Waals surface area contributed by atoms with Crippen molar-refractivity contribution in [2.75, 3.05) is 13.2 Å². The lowest BCUT2D eigenvalue weighted by Crippen LogP contribution is -2.22. The van der Waals surface area contributed by atoms with Gasteiger partial charge in [0.15, 0.2) is 6.10 Å². The van der Waals surface area contributed by atoms with Gasteiger partial charge in [0.2, 0.25) is 0 Å². The molecule has 0 bridgehead atoms. The van der Waals surface area contributed by atoms with Crippen molar-refractivity contribution >= 4 is 25.8 Å². The third kappa shape index (κ3) is 4.01. The second kappa shape index (κ2) is 6.11. The van der Waals surface area contributed by atoms with Gasteiger partial charge in [0, 0.05) is 10.7 Å². The summed E-state index contributed by atoms with van der Waals surface area (Å²) in [7, 11) is 1.57. The van der Waals surface area contributed by atoms with Crippen LogP contribution in [0.15, 0.2) is 23.1 Å². The summed E-state index contributed by atoms with van der Waals surface area (Å²) in [6.07, 6.45) is -0.815. The van der Waals surface area contributed by atoms with Gasteiger partial charge in [-0.05, 0) is 29.7 Å². The fourth-order valence-electron chi connectivity index (χ4n) is 1.97. The number of carbonyl (C=O) groups is 1. The molecule has 6 nitrogen and oxygen atoms in total. The predicted molar refractivity (Wildman–Crippen MR) is 77.3 cm³/mol. The van der Waals surface area contributed by atoms with Crippen LogP contribution in [0.4, 0.5) is 4.79 Å². The van der Waals surface area contributed by atoms with Gasteiger partial charge in [0.25, 0.3) is 9.05 Å². The number of rotatable bonds is 5. The molecule has 1 saturated heterocycles. The molecule has 1 heterocycles. The number of ether oxygens (including phenoxy) is 2.